The highest BCUT2D eigenvalue weighted by molar-refractivity contribution is 8.00. The number of anilines is 1. The first-order valence-electron chi connectivity index (χ1n) is 5.69. The minimum atomic E-state index is -0.493. The van der Waals surface area contributed by atoms with Crippen molar-refractivity contribution < 1.29 is 9.18 Å². The van der Waals surface area contributed by atoms with Crippen molar-refractivity contribution in [2.45, 2.75) is 17.3 Å². The zero-order chi connectivity index (χ0) is 14.5. The van der Waals surface area contributed by atoms with E-state index in [2.05, 4.69) is 20.5 Å². The molecule has 0 fully saturated rings. The number of nitrogens with zero attached hydrogens (tertiary/aromatic N) is 2. The first kappa shape index (κ1) is 14.2. The fourth-order valence-corrected chi connectivity index (χ4v) is 2.10. The molecule has 0 bridgehead atoms. The smallest absolute Gasteiger partial charge is 0.270 e. The summed E-state index contributed by atoms with van der Waals surface area (Å²) in [6.07, 6.45) is 1.05. The Balaban J connectivity index is 1.98. The third-order valence-electron chi connectivity index (χ3n) is 2.32. The summed E-state index contributed by atoms with van der Waals surface area (Å²) in [6.45, 7) is 1.66. The van der Waals surface area contributed by atoms with Gasteiger partial charge in [-0.15, -0.1) is 5.10 Å². The summed E-state index contributed by atoms with van der Waals surface area (Å²) in [5.74, 6) is -0.657. The van der Waals surface area contributed by atoms with Gasteiger partial charge in [0, 0.05) is 5.69 Å². The molecule has 2 N–H and O–H groups in total. The summed E-state index contributed by atoms with van der Waals surface area (Å²) in [7, 11) is 0. The summed E-state index contributed by atoms with van der Waals surface area (Å²) < 4.78 is 12.7. The van der Waals surface area contributed by atoms with Crippen LogP contribution < -0.4 is 10.9 Å². The van der Waals surface area contributed by atoms with Gasteiger partial charge < -0.3 is 5.32 Å². The Hall–Kier alpha value is -2.22. The molecule has 6 nitrogen and oxygen atoms in total. The van der Waals surface area contributed by atoms with Gasteiger partial charge in [-0.05, 0) is 31.2 Å². The number of benzene rings is 1. The molecule has 2 aromatic rings. The molecule has 1 unspecified atom stereocenters. The van der Waals surface area contributed by atoms with Crippen LogP contribution in [0.4, 0.5) is 10.1 Å². The van der Waals surface area contributed by atoms with E-state index in [0.717, 1.165) is 18.0 Å². The second kappa shape index (κ2) is 6.29. The lowest BCUT2D eigenvalue weighted by Crippen LogP contribution is -2.23. The average molecular weight is 294 g/mol. The lowest BCUT2D eigenvalue weighted by Gasteiger charge is -2.10. The number of carbonyl (C=O) groups excluding carboxylic acids is 1. The van der Waals surface area contributed by atoms with Crippen molar-refractivity contribution in [3.8, 4) is 0 Å². The second-order valence-corrected chi connectivity index (χ2v) is 5.22. The van der Waals surface area contributed by atoms with E-state index >= 15 is 0 Å². The van der Waals surface area contributed by atoms with Crippen LogP contribution >= 0.6 is 11.8 Å². The number of hydrogen-bond acceptors (Lipinski definition) is 5. The van der Waals surface area contributed by atoms with Gasteiger partial charge in [-0.2, -0.15) is 5.10 Å². The number of thioether (sulfide) groups is 1. The molecular formula is C12H11FN4O2S. The zero-order valence-electron chi connectivity index (χ0n) is 10.5. The number of nitrogens with one attached hydrogen (secondary N) is 2. The number of hydrogen-bond donors (Lipinski definition) is 2. The van der Waals surface area contributed by atoms with Gasteiger partial charge >= 0.3 is 0 Å². The summed E-state index contributed by atoms with van der Waals surface area (Å²) in [5.41, 5.74) is 0.116. The molecule has 1 heterocycles. The number of H-pyrrole nitrogens is 1. The molecule has 8 heteroatoms. The molecule has 1 atom stereocenters. The molecule has 2 rings (SSSR count). The number of aromatic nitrogens is 3. The lowest BCUT2D eigenvalue weighted by molar-refractivity contribution is -0.115. The van der Waals surface area contributed by atoms with Crippen LogP contribution in [0.1, 0.15) is 6.92 Å². The van der Waals surface area contributed by atoms with Crippen LogP contribution in [0.5, 0.6) is 0 Å². The van der Waals surface area contributed by atoms with Gasteiger partial charge in [-0.25, -0.2) is 4.39 Å². The number of aromatic amines is 1. The van der Waals surface area contributed by atoms with Gasteiger partial charge in [0.25, 0.3) is 5.56 Å². The molecule has 0 saturated carbocycles. The molecule has 0 aliphatic heterocycles. The largest absolute Gasteiger partial charge is 0.325 e. The molecule has 0 saturated heterocycles. The standard InChI is InChI=1S/C12H11FN4O2S/c1-7(20-12-16-10(18)6-14-17-12)11(19)15-9-4-2-8(13)3-5-9/h2-7H,1H3,(H,15,19)(H,16,17,18). The number of carbonyl (C=O) groups is 1. The highest BCUT2D eigenvalue weighted by atomic mass is 32.2. The zero-order valence-corrected chi connectivity index (χ0v) is 11.3. The molecule has 0 spiro atoms. The molecule has 1 aromatic carbocycles. The van der Waals surface area contributed by atoms with E-state index in [1.807, 2.05) is 0 Å². The van der Waals surface area contributed by atoms with Gasteiger partial charge in [0.1, 0.15) is 12.0 Å². The quantitative estimate of drug-likeness (QED) is 0.833. The van der Waals surface area contributed by atoms with E-state index in [4.69, 9.17) is 0 Å². The SMILES string of the molecule is CC(Sc1nncc(=O)[nH]1)C(=O)Nc1ccc(F)cc1. The van der Waals surface area contributed by atoms with Crippen molar-refractivity contribution >= 4 is 23.4 Å². The molecule has 0 radical (unpaired) electrons. The van der Waals surface area contributed by atoms with Crippen molar-refractivity contribution in [3.05, 3.63) is 46.6 Å². The van der Waals surface area contributed by atoms with E-state index < -0.39 is 5.25 Å². The fourth-order valence-electron chi connectivity index (χ4n) is 1.35. The van der Waals surface area contributed by atoms with E-state index in [9.17, 15) is 14.0 Å². The monoisotopic (exact) mass is 294 g/mol. The lowest BCUT2D eigenvalue weighted by atomic mass is 10.3. The topological polar surface area (TPSA) is 87.7 Å². The van der Waals surface area contributed by atoms with E-state index in [-0.39, 0.29) is 22.4 Å². The van der Waals surface area contributed by atoms with Crippen molar-refractivity contribution in [1.29, 1.82) is 0 Å². The Morgan fingerprint density at radius 1 is 1.40 bits per heavy atom. The van der Waals surface area contributed by atoms with Crippen LogP contribution in [0.15, 0.2) is 40.4 Å². The molecule has 104 valence electrons. The van der Waals surface area contributed by atoms with Crippen LogP contribution in [0.2, 0.25) is 0 Å². The van der Waals surface area contributed by atoms with Gasteiger partial charge in [0.15, 0.2) is 5.16 Å². The Morgan fingerprint density at radius 3 is 2.75 bits per heavy atom. The van der Waals surface area contributed by atoms with E-state index in [1.54, 1.807) is 6.92 Å². The molecule has 1 aromatic heterocycles. The maximum Gasteiger partial charge on any atom is 0.270 e. The van der Waals surface area contributed by atoms with Crippen LogP contribution in [0.3, 0.4) is 0 Å². The Bertz CT molecular complexity index is 659. The summed E-state index contributed by atoms with van der Waals surface area (Å²) in [4.78, 5) is 25.4. The van der Waals surface area contributed by atoms with Gasteiger partial charge in [-0.1, -0.05) is 11.8 Å². The maximum atomic E-state index is 12.7. The summed E-state index contributed by atoms with van der Waals surface area (Å²) in [6, 6.07) is 5.45. The summed E-state index contributed by atoms with van der Waals surface area (Å²) in [5, 5.41) is 9.62. The number of amides is 1. The molecule has 1 amide bonds. The molecular weight excluding hydrogens is 283 g/mol. The van der Waals surface area contributed by atoms with E-state index in [0.29, 0.717) is 5.69 Å². The normalized spacial score (nSPS) is 11.9. The maximum absolute atomic E-state index is 12.7. The number of rotatable bonds is 4. The van der Waals surface area contributed by atoms with Gasteiger partial charge in [0.05, 0.1) is 5.25 Å². The Morgan fingerprint density at radius 2 is 2.10 bits per heavy atom. The highest BCUT2D eigenvalue weighted by Gasteiger charge is 2.16. The number of halogens is 1. The third-order valence-corrected chi connectivity index (χ3v) is 3.30. The molecule has 0 aliphatic carbocycles. The fraction of sp³-hybridized carbons (Fsp3) is 0.167. The summed E-state index contributed by atoms with van der Waals surface area (Å²) >= 11 is 1.07. The predicted octanol–water partition coefficient (Wildman–Crippen LogP) is 1.42. The van der Waals surface area contributed by atoms with Crippen molar-refractivity contribution in [2.75, 3.05) is 5.32 Å². The average Bonchev–Trinajstić information content (AvgIpc) is 2.41. The Labute approximate surface area is 117 Å². The minimum Gasteiger partial charge on any atom is -0.325 e. The first-order chi connectivity index (χ1) is 9.54. The van der Waals surface area contributed by atoms with Crippen molar-refractivity contribution in [1.82, 2.24) is 15.2 Å². The molecule has 0 aliphatic rings. The van der Waals surface area contributed by atoms with Crippen molar-refractivity contribution in [2.24, 2.45) is 0 Å². The van der Waals surface area contributed by atoms with Gasteiger partial charge in [0.2, 0.25) is 5.91 Å². The van der Waals surface area contributed by atoms with Gasteiger partial charge in [-0.3, -0.25) is 14.6 Å². The first-order valence-corrected chi connectivity index (χ1v) is 6.57. The highest BCUT2D eigenvalue weighted by Crippen LogP contribution is 2.19. The van der Waals surface area contributed by atoms with Crippen LogP contribution in [-0.2, 0) is 4.79 Å². The molecule has 20 heavy (non-hydrogen) atoms. The third kappa shape index (κ3) is 3.89. The second-order valence-electron chi connectivity index (χ2n) is 3.90. The Kier molecular flexibility index (Phi) is 4.46. The van der Waals surface area contributed by atoms with Crippen LogP contribution in [0, 0.1) is 5.82 Å². The minimum absolute atomic E-state index is 0.263. The van der Waals surface area contributed by atoms with Crippen LogP contribution in [0.25, 0.3) is 0 Å². The predicted molar refractivity (Wildman–Crippen MR) is 73.0 cm³/mol. The van der Waals surface area contributed by atoms with E-state index in [1.165, 1.54) is 24.3 Å². The van der Waals surface area contributed by atoms with Crippen molar-refractivity contribution in [3.63, 3.8) is 0 Å². The van der Waals surface area contributed by atoms with Crippen LogP contribution in [-0.4, -0.2) is 26.3 Å².